The molecule has 0 bridgehead atoms. The number of rotatable bonds is 10. The molecular formula is C26H28N5O6S2-. The van der Waals surface area contributed by atoms with Gasteiger partial charge in [-0.3, -0.25) is 13.4 Å². The van der Waals surface area contributed by atoms with Gasteiger partial charge in [-0.2, -0.15) is 0 Å². The molecule has 11 nitrogen and oxygen atoms in total. The fourth-order valence-corrected chi connectivity index (χ4v) is 5.11. The number of hydrogen-bond acceptors (Lipinski definition) is 9. The average molecular weight is 571 g/mol. The maximum absolute atomic E-state index is 12.7. The first kappa shape index (κ1) is 28.4. The van der Waals surface area contributed by atoms with E-state index >= 15 is 0 Å². The molecule has 0 radical (unpaired) electrons. The van der Waals surface area contributed by atoms with E-state index in [2.05, 4.69) is 24.9 Å². The summed E-state index contributed by atoms with van der Waals surface area (Å²) >= 11 is -2.33. The number of aromatic nitrogens is 5. The van der Waals surface area contributed by atoms with Gasteiger partial charge in [0.05, 0.1) is 58.0 Å². The van der Waals surface area contributed by atoms with Crippen LogP contribution in [0.5, 0.6) is 11.5 Å². The Labute approximate surface area is 230 Å². The number of methoxy groups -OCH3 is 2. The van der Waals surface area contributed by atoms with Gasteiger partial charge in [-0.25, -0.2) is 9.97 Å². The molecule has 0 aliphatic rings. The van der Waals surface area contributed by atoms with Crippen LogP contribution in [-0.4, -0.2) is 65.3 Å². The minimum Gasteiger partial charge on any atom is -0.766 e. The Morgan fingerprint density at radius 1 is 0.923 bits per heavy atom. The maximum Gasteiger partial charge on any atom is 0.197 e. The number of pyridine rings is 1. The molecule has 39 heavy (non-hydrogen) atoms. The molecule has 13 heteroatoms. The molecule has 0 spiro atoms. The number of nitrogens with one attached hydrogen (secondary N) is 2. The number of fused-ring (bicyclic) bond motifs is 2. The highest BCUT2D eigenvalue weighted by Crippen LogP contribution is 2.23. The molecule has 2 aromatic carbocycles. The number of ether oxygens (including phenoxy) is 3. The Morgan fingerprint density at radius 3 is 2.41 bits per heavy atom. The van der Waals surface area contributed by atoms with Gasteiger partial charge in [0, 0.05) is 49.0 Å². The highest BCUT2D eigenvalue weighted by atomic mass is 32.2. The number of benzene rings is 2. The van der Waals surface area contributed by atoms with Crippen molar-refractivity contribution in [3.8, 4) is 11.5 Å². The minimum absolute atomic E-state index is 0.0618. The highest BCUT2D eigenvalue weighted by molar-refractivity contribution is 7.84. The summed E-state index contributed by atoms with van der Waals surface area (Å²) in [6, 6.07) is 14.6. The van der Waals surface area contributed by atoms with Gasteiger partial charge >= 0.3 is 0 Å². The summed E-state index contributed by atoms with van der Waals surface area (Å²) in [4.78, 5) is 18.4. The Morgan fingerprint density at radius 2 is 1.67 bits per heavy atom. The van der Waals surface area contributed by atoms with E-state index in [0.717, 1.165) is 34.5 Å². The van der Waals surface area contributed by atoms with E-state index in [-0.39, 0.29) is 5.16 Å². The molecule has 0 aliphatic heterocycles. The molecule has 2 N–H and O–H groups in total. The van der Waals surface area contributed by atoms with Crippen molar-refractivity contribution in [3.05, 3.63) is 66.0 Å². The second-order valence-electron chi connectivity index (χ2n) is 8.28. The van der Waals surface area contributed by atoms with Crippen LogP contribution in [-0.2, 0) is 32.4 Å². The smallest absolute Gasteiger partial charge is 0.197 e. The van der Waals surface area contributed by atoms with Crippen LogP contribution in [0.4, 0.5) is 0 Å². The zero-order valence-corrected chi connectivity index (χ0v) is 23.3. The monoisotopic (exact) mass is 570 g/mol. The molecule has 0 amide bonds. The van der Waals surface area contributed by atoms with Crippen LogP contribution in [0.3, 0.4) is 0 Å². The fraction of sp³-hybridized carbons (Fsp3) is 0.269. The molecule has 0 saturated carbocycles. The summed E-state index contributed by atoms with van der Waals surface area (Å²) < 4.78 is 49.6. The van der Waals surface area contributed by atoms with Crippen molar-refractivity contribution in [1.29, 1.82) is 0 Å². The van der Waals surface area contributed by atoms with Gasteiger partial charge in [0.2, 0.25) is 0 Å². The summed E-state index contributed by atoms with van der Waals surface area (Å²) in [5.74, 6) is 1.72. The van der Waals surface area contributed by atoms with Crippen molar-refractivity contribution in [2.24, 2.45) is 0 Å². The second-order valence-corrected chi connectivity index (χ2v) is 10.5. The number of hydrogen-bond donors (Lipinski definition) is 2. The standard InChI is InChI=1S/C18H21N3O3S.C8H8N2O3S/c1-13-16(19-9-8-17(13)24-11-5-10-23-2)12-25(22)18-20-14-6-3-4-7-15(14)21-18;1-13-5-2-3-6-7(4-5)10-8(9-6)14(11)12/h3-4,6-9H,5,10-12H2,1-2H3,(H,20,21);2-4H,1H3,(H,9,10)(H,11,12)/p-1. The van der Waals surface area contributed by atoms with Gasteiger partial charge in [-0.1, -0.05) is 12.1 Å². The Kier molecular flexibility index (Phi) is 9.76. The van der Waals surface area contributed by atoms with Crippen LogP contribution in [0, 0.1) is 6.92 Å². The molecule has 0 fully saturated rings. The van der Waals surface area contributed by atoms with Gasteiger partial charge < -0.3 is 28.7 Å². The van der Waals surface area contributed by atoms with Gasteiger partial charge in [-0.15, -0.1) is 0 Å². The van der Waals surface area contributed by atoms with Crippen LogP contribution < -0.4 is 9.47 Å². The predicted molar refractivity (Wildman–Crippen MR) is 147 cm³/mol. The number of imidazole rings is 2. The van der Waals surface area contributed by atoms with E-state index in [9.17, 15) is 13.0 Å². The largest absolute Gasteiger partial charge is 0.766 e. The number of H-pyrrole nitrogens is 2. The van der Waals surface area contributed by atoms with Gasteiger partial charge in [0.25, 0.3) is 0 Å². The van der Waals surface area contributed by atoms with Gasteiger partial charge in [-0.05, 0) is 37.3 Å². The van der Waals surface area contributed by atoms with E-state index in [1.165, 1.54) is 0 Å². The molecule has 0 aliphatic carbocycles. The zero-order valence-electron chi connectivity index (χ0n) is 21.6. The summed E-state index contributed by atoms with van der Waals surface area (Å²) in [5, 5.41) is 0.405. The lowest BCUT2D eigenvalue weighted by atomic mass is 10.2. The van der Waals surface area contributed by atoms with Crippen molar-refractivity contribution in [1.82, 2.24) is 24.9 Å². The van der Waals surface area contributed by atoms with Crippen molar-refractivity contribution in [2.45, 2.75) is 29.4 Å². The molecule has 5 aromatic rings. The normalized spacial score (nSPS) is 12.6. The van der Waals surface area contributed by atoms with Crippen LogP contribution in [0.2, 0.25) is 0 Å². The summed E-state index contributed by atoms with van der Waals surface area (Å²) in [6.45, 7) is 3.17. The van der Waals surface area contributed by atoms with Gasteiger partial charge in [0.1, 0.15) is 11.5 Å². The third-order valence-corrected chi connectivity index (χ3v) is 7.35. The van der Waals surface area contributed by atoms with Gasteiger partial charge in [0.15, 0.2) is 10.3 Å². The van der Waals surface area contributed by atoms with Crippen LogP contribution in [0.1, 0.15) is 17.7 Å². The lowest BCUT2D eigenvalue weighted by molar-refractivity contribution is 0.172. The van der Waals surface area contributed by atoms with E-state index < -0.39 is 21.9 Å². The lowest BCUT2D eigenvalue weighted by Crippen LogP contribution is -2.06. The Balaban J connectivity index is 0.000000212. The van der Waals surface area contributed by atoms with Crippen molar-refractivity contribution in [2.75, 3.05) is 27.4 Å². The predicted octanol–water partition coefficient (Wildman–Crippen LogP) is 3.80. The Bertz CT molecular complexity index is 1570. The van der Waals surface area contributed by atoms with Crippen molar-refractivity contribution < 1.29 is 27.2 Å². The molecule has 2 atom stereocenters. The van der Waals surface area contributed by atoms with E-state index in [1.807, 2.05) is 37.3 Å². The number of para-hydroxylation sites is 2. The lowest BCUT2D eigenvalue weighted by Gasteiger charge is -2.11. The molecular weight excluding hydrogens is 542 g/mol. The van der Waals surface area contributed by atoms with E-state index in [4.69, 9.17) is 14.2 Å². The van der Waals surface area contributed by atoms with Crippen molar-refractivity contribution in [3.63, 3.8) is 0 Å². The summed E-state index contributed by atoms with van der Waals surface area (Å²) in [6.07, 6.45) is 2.50. The summed E-state index contributed by atoms with van der Waals surface area (Å²) in [5.41, 5.74) is 4.59. The zero-order chi connectivity index (χ0) is 27.8. The second kappa shape index (κ2) is 13.4. The molecule has 3 heterocycles. The minimum atomic E-state index is -2.33. The average Bonchev–Trinajstić information content (AvgIpc) is 3.57. The van der Waals surface area contributed by atoms with Crippen LogP contribution >= 0.6 is 0 Å². The first-order chi connectivity index (χ1) is 18.9. The third kappa shape index (κ3) is 7.26. The molecule has 2 unspecified atom stereocenters. The van der Waals surface area contributed by atoms with Crippen molar-refractivity contribution >= 4 is 43.9 Å². The summed E-state index contributed by atoms with van der Waals surface area (Å²) in [7, 11) is 1.92. The maximum atomic E-state index is 12.7. The topological polar surface area (TPSA) is 155 Å². The molecule has 206 valence electrons. The first-order valence-corrected chi connectivity index (χ1v) is 14.3. The number of aromatic amines is 2. The Hall–Kier alpha value is -3.65. The molecule has 5 rings (SSSR count). The molecule has 0 saturated heterocycles. The molecule has 3 aromatic heterocycles. The highest BCUT2D eigenvalue weighted by Gasteiger charge is 2.15. The third-order valence-electron chi connectivity index (χ3n) is 5.69. The quantitative estimate of drug-likeness (QED) is 0.188. The number of nitrogens with zero attached hydrogens (tertiary/aromatic N) is 3. The van der Waals surface area contributed by atoms with E-state index in [1.54, 1.807) is 38.6 Å². The van der Waals surface area contributed by atoms with Crippen LogP contribution in [0.15, 0.2) is 65.0 Å². The first-order valence-electron chi connectivity index (χ1n) is 11.9. The fourth-order valence-electron chi connectivity index (χ4n) is 3.65. The SMILES string of the molecule is COCCCOc1ccnc(CS(=O)c2nc3ccccc3[nH]2)c1C.COc1ccc2nc(S(=O)[O-])[nH]c2c1. The van der Waals surface area contributed by atoms with Crippen LogP contribution in [0.25, 0.3) is 22.1 Å². The van der Waals surface area contributed by atoms with E-state index in [0.29, 0.717) is 40.9 Å².